The van der Waals surface area contributed by atoms with Gasteiger partial charge in [-0.25, -0.2) is 4.79 Å². The van der Waals surface area contributed by atoms with Gasteiger partial charge in [0, 0.05) is 11.7 Å². The zero-order valence-corrected chi connectivity index (χ0v) is 10.2. The number of benzene rings is 1. The fraction of sp³-hybridized carbons (Fsp3) is 0.462. The van der Waals surface area contributed by atoms with Crippen LogP contribution in [0.2, 0.25) is 0 Å². The summed E-state index contributed by atoms with van der Waals surface area (Å²) in [5.41, 5.74) is 0.777. The van der Waals surface area contributed by atoms with Gasteiger partial charge in [0.05, 0.1) is 6.10 Å². The predicted octanol–water partition coefficient (Wildman–Crippen LogP) is 2.76. The van der Waals surface area contributed by atoms with Gasteiger partial charge in [0.25, 0.3) is 0 Å². The fourth-order valence-corrected chi connectivity index (χ4v) is 1.47. The lowest BCUT2D eigenvalue weighted by molar-refractivity contribution is 0.242. The zero-order valence-electron chi connectivity index (χ0n) is 10.2. The maximum Gasteiger partial charge on any atom is 0.319 e. The van der Waals surface area contributed by atoms with Crippen LogP contribution in [0.25, 0.3) is 0 Å². The summed E-state index contributed by atoms with van der Waals surface area (Å²) >= 11 is 0. The molecule has 0 atom stereocenters. The van der Waals surface area contributed by atoms with Crippen molar-refractivity contribution < 1.29 is 9.53 Å². The van der Waals surface area contributed by atoms with Gasteiger partial charge in [0.15, 0.2) is 0 Å². The normalized spacial score (nSPS) is 14.5. The van der Waals surface area contributed by atoms with Gasteiger partial charge in [0.2, 0.25) is 0 Å². The third-order valence-electron chi connectivity index (χ3n) is 2.40. The Hall–Kier alpha value is -1.71. The molecule has 0 spiro atoms. The van der Waals surface area contributed by atoms with Crippen LogP contribution in [-0.2, 0) is 0 Å². The minimum absolute atomic E-state index is 0.134. The number of hydrogen-bond acceptors (Lipinski definition) is 2. The molecular formula is C13H18N2O2. The van der Waals surface area contributed by atoms with Crippen molar-refractivity contribution in [2.24, 2.45) is 0 Å². The first-order valence-corrected chi connectivity index (χ1v) is 5.98. The first-order chi connectivity index (χ1) is 8.13. The zero-order chi connectivity index (χ0) is 12.3. The van der Waals surface area contributed by atoms with E-state index in [4.69, 9.17) is 4.74 Å². The average molecular weight is 234 g/mol. The van der Waals surface area contributed by atoms with Gasteiger partial charge >= 0.3 is 6.03 Å². The van der Waals surface area contributed by atoms with Gasteiger partial charge in [-0.1, -0.05) is 0 Å². The molecule has 1 aromatic rings. The largest absolute Gasteiger partial charge is 0.491 e. The van der Waals surface area contributed by atoms with E-state index in [1.165, 1.54) is 0 Å². The van der Waals surface area contributed by atoms with E-state index in [1.54, 1.807) is 0 Å². The summed E-state index contributed by atoms with van der Waals surface area (Å²) in [6, 6.07) is 7.62. The van der Waals surface area contributed by atoms with Gasteiger partial charge in [-0.3, -0.25) is 0 Å². The number of rotatable bonds is 4. The van der Waals surface area contributed by atoms with Crippen molar-refractivity contribution in [2.45, 2.75) is 38.8 Å². The predicted molar refractivity (Wildman–Crippen MR) is 67.4 cm³/mol. The lowest BCUT2D eigenvalue weighted by atomic mass is 10.3. The van der Waals surface area contributed by atoms with Crippen molar-refractivity contribution >= 4 is 11.7 Å². The number of carbonyl (C=O) groups excluding carboxylic acids is 1. The van der Waals surface area contributed by atoms with Crippen molar-refractivity contribution in [1.82, 2.24) is 5.32 Å². The second-order valence-electron chi connectivity index (χ2n) is 4.56. The van der Waals surface area contributed by atoms with Crippen LogP contribution in [0, 0.1) is 0 Å². The molecule has 0 heterocycles. The maximum absolute atomic E-state index is 11.5. The Kier molecular flexibility index (Phi) is 3.52. The topological polar surface area (TPSA) is 50.4 Å². The van der Waals surface area contributed by atoms with Gasteiger partial charge in [-0.2, -0.15) is 0 Å². The molecule has 0 saturated heterocycles. The van der Waals surface area contributed by atoms with E-state index < -0.39 is 0 Å². The number of hydrogen-bond donors (Lipinski definition) is 2. The molecule has 0 radical (unpaired) electrons. The van der Waals surface area contributed by atoms with Gasteiger partial charge in [-0.15, -0.1) is 0 Å². The first kappa shape index (κ1) is 11.8. The summed E-state index contributed by atoms with van der Waals surface area (Å²) < 4.78 is 5.52. The molecule has 1 saturated carbocycles. The standard InChI is InChI=1S/C13H18N2O2/c1-9(2)17-12-7-5-11(6-8-12)15-13(16)14-10-3-4-10/h5-10H,3-4H2,1-2H3,(H2,14,15,16). The smallest absolute Gasteiger partial charge is 0.319 e. The molecule has 2 N–H and O–H groups in total. The number of urea groups is 1. The molecule has 1 aliphatic carbocycles. The minimum Gasteiger partial charge on any atom is -0.491 e. The molecule has 0 aliphatic heterocycles. The monoisotopic (exact) mass is 234 g/mol. The van der Waals surface area contributed by atoms with E-state index in [-0.39, 0.29) is 12.1 Å². The Morgan fingerprint density at radius 1 is 1.29 bits per heavy atom. The number of nitrogens with one attached hydrogen (secondary N) is 2. The third-order valence-corrected chi connectivity index (χ3v) is 2.40. The van der Waals surface area contributed by atoms with Crippen molar-refractivity contribution in [3.63, 3.8) is 0 Å². The second kappa shape index (κ2) is 5.08. The molecule has 92 valence electrons. The highest BCUT2D eigenvalue weighted by Crippen LogP contribution is 2.20. The van der Waals surface area contributed by atoms with E-state index in [0.717, 1.165) is 24.3 Å². The highest BCUT2D eigenvalue weighted by Gasteiger charge is 2.23. The molecule has 0 aromatic heterocycles. The van der Waals surface area contributed by atoms with Crippen LogP contribution >= 0.6 is 0 Å². The summed E-state index contributed by atoms with van der Waals surface area (Å²) in [7, 11) is 0. The van der Waals surface area contributed by atoms with Crippen molar-refractivity contribution in [3.8, 4) is 5.75 Å². The van der Waals surface area contributed by atoms with Crippen molar-refractivity contribution in [2.75, 3.05) is 5.32 Å². The van der Waals surface area contributed by atoms with E-state index in [9.17, 15) is 4.79 Å². The van der Waals surface area contributed by atoms with Crippen LogP contribution in [0.4, 0.5) is 10.5 Å². The summed E-state index contributed by atoms with van der Waals surface area (Å²) in [6.45, 7) is 3.96. The van der Waals surface area contributed by atoms with Gasteiger partial charge in [-0.05, 0) is 51.0 Å². The maximum atomic E-state index is 11.5. The highest BCUT2D eigenvalue weighted by atomic mass is 16.5. The lowest BCUT2D eigenvalue weighted by Crippen LogP contribution is -2.30. The van der Waals surface area contributed by atoms with Crippen LogP contribution in [0.15, 0.2) is 24.3 Å². The van der Waals surface area contributed by atoms with Crippen molar-refractivity contribution in [1.29, 1.82) is 0 Å². The molecule has 17 heavy (non-hydrogen) atoms. The molecule has 4 heteroatoms. The van der Waals surface area contributed by atoms with Gasteiger partial charge in [0.1, 0.15) is 5.75 Å². The molecule has 1 aromatic carbocycles. The highest BCUT2D eigenvalue weighted by molar-refractivity contribution is 5.89. The summed E-state index contributed by atoms with van der Waals surface area (Å²) in [6.07, 6.45) is 2.34. The summed E-state index contributed by atoms with van der Waals surface area (Å²) in [4.78, 5) is 11.5. The van der Waals surface area contributed by atoms with Crippen LogP contribution in [-0.4, -0.2) is 18.2 Å². The molecule has 2 amide bonds. The Balaban J connectivity index is 1.86. The van der Waals surface area contributed by atoms with E-state index in [1.807, 2.05) is 38.1 Å². The van der Waals surface area contributed by atoms with Crippen molar-refractivity contribution in [3.05, 3.63) is 24.3 Å². The van der Waals surface area contributed by atoms with Gasteiger partial charge < -0.3 is 15.4 Å². The summed E-state index contributed by atoms with van der Waals surface area (Å²) in [5.74, 6) is 0.813. The molecule has 1 aliphatic rings. The Morgan fingerprint density at radius 2 is 1.94 bits per heavy atom. The molecular weight excluding hydrogens is 216 g/mol. The van der Waals surface area contributed by atoms with Crippen LogP contribution in [0.1, 0.15) is 26.7 Å². The van der Waals surface area contributed by atoms with Crippen LogP contribution in [0.3, 0.4) is 0 Å². The van der Waals surface area contributed by atoms with E-state index >= 15 is 0 Å². The molecule has 2 rings (SSSR count). The second-order valence-corrected chi connectivity index (χ2v) is 4.56. The quantitative estimate of drug-likeness (QED) is 0.841. The Labute approximate surface area is 101 Å². The Morgan fingerprint density at radius 3 is 2.47 bits per heavy atom. The number of anilines is 1. The summed E-state index contributed by atoms with van der Waals surface area (Å²) in [5, 5.41) is 5.66. The molecule has 1 fully saturated rings. The third kappa shape index (κ3) is 3.98. The van der Waals surface area contributed by atoms with Crippen LogP contribution in [0.5, 0.6) is 5.75 Å². The fourth-order valence-electron chi connectivity index (χ4n) is 1.47. The van der Waals surface area contributed by atoms with E-state index in [2.05, 4.69) is 10.6 Å². The minimum atomic E-state index is -0.134. The first-order valence-electron chi connectivity index (χ1n) is 5.98. The number of ether oxygens (including phenoxy) is 1. The SMILES string of the molecule is CC(C)Oc1ccc(NC(=O)NC2CC2)cc1. The van der Waals surface area contributed by atoms with Crippen LogP contribution < -0.4 is 15.4 Å². The molecule has 4 nitrogen and oxygen atoms in total. The number of amides is 2. The van der Waals surface area contributed by atoms with E-state index in [0.29, 0.717) is 6.04 Å². The lowest BCUT2D eigenvalue weighted by Gasteiger charge is -2.11. The molecule has 0 bridgehead atoms. The average Bonchev–Trinajstić information content (AvgIpc) is 3.04. The number of carbonyl (C=O) groups is 1. The Bertz CT molecular complexity index is 383. The molecule has 0 unspecified atom stereocenters.